The average Bonchev–Trinajstić information content (AvgIpc) is 2.16. The summed E-state index contributed by atoms with van der Waals surface area (Å²) in [5.41, 5.74) is 2.03. The van der Waals surface area contributed by atoms with Crippen LogP contribution in [0.3, 0.4) is 0 Å². The molecule has 4 heteroatoms. The first-order valence-electron chi connectivity index (χ1n) is 4.40. The Kier molecular flexibility index (Phi) is 5.16. The molecule has 0 aromatic carbocycles. The van der Waals surface area contributed by atoms with Gasteiger partial charge in [0.15, 0.2) is 0 Å². The van der Waals surface area contributed by atoms with Crippen molar-refractivity contribution in [2.75, 3.05) is 0 Å². The summed E-state index contributed by atoms with van der Waals surface area (Å²) in [5, 5.41) is 8.80. The third kappa shape index (κ3) is 3.00. The van der Waals surface area contributed by atoms with E-state index in [1.165, 1.54) is 0 Å². The SMILES string of the molecule is CCc1cc(C(=O)O)cc(CC)n1.Cl. The molecular weight excluding hydrogens is 202 g/mol. The van der Waals surface area contributed by atoms with Crippen LogP contribution in [0.4, 0.5) is 0 Å². The number of carboxylic acids is 1. The lowest BCUT2D eigenvalue weighted by Crippen LogP contribution is -2.02. The molecule has 1 heterocycles. The molecule has 78 valence electrons. The van der Waals surface area contributed by atoms with E-state index in [0.717, 1.165) is 24.2 Å². The van der Waals surface area contributed by atoms with Gasteiger partial charge in [-0.15, -0.1) is 12.4 Å². The van der Waals surface area contributed by atoms with Crippen LogP contribution < -0.4 is 0 Å². The molecule has 0 unspecified atom stereocenters. The summed E-state index contributed by atoms with van der Waals surface area (Å²) in [6.07, 6.45) is 1.54. The zero-order chi connectivity index (χ0) is 9.84. The van der Waals surface area contributed by atoms with Crippen LogP contribution in [0.5, 0.6) is 0 Å². The Morgan fingerprint density at radius 3 is 2.00 bits per heavy atom. The highest BCUT2D eigenvalue weighted by atomic mass is 35.5. The number of aromatic nitrogens is 1. The molecule has 0 aliphatic heterocycles. The van der Waals surface area contributed by atoms with Crippen molar-refractivity contribution in [3.05, 3.63) is 29.1 Å². The minimum Gasteiger partial charge on any atom is -0.478 e. The van der Waals surface area contributed by atoms with Crippen molar-refractivity contribution in [2.24, 2.45) is 0 Å². The van der Waals surface area contributed by atoms with Crippen LogP contribution in [0.15, 0.2) is 12.1 Å². The fourth-order valence-corrected chi connectivity index (χ4v) is 1.14. The highest BCUT2D eigenvalue weighted by molar-refractivity contribution is 5.87. The summed E-state index contributed by atoms with van der Waals surface area (Å²) in [5.74, 6) is -0.883. The van der Waals surface area contributed by atoms with Crippen molar-refractivity contribution in [3.63, 3.8) is 0 Å². The zero-order valence-corrected chi connectivity index (χ0v) is 9.10. The number of carbonyl (C=O) groups is 1. The van der Waals surface area contributed by atoms with Gasteiger partial charge in [-0.2, -0.15) is 0 Å². The number of rotatable bonds is 3. The van der Waals surface area contributed by atoms with Gasteiger partial charge >= 0.3 is 5.97 Å². The van der Waals surface area contributed by atoms with Crippen molar-refractivity contribution >= 4 is 18.4 Å². The van der Waals surface area contributed by atoms with E-state index < -0.39 is 5.97 Å². The number of aryl methyl sites for hydroxylation is 2. The number of aromatic carboxylic acids is 1. The van der Waals surface area contributed by atoms with Crippen LogP contribution in [-0.2, 0) is 12.8 Å². The fourth-order valence-electron chi connectivity index (χ4n) is 1.14. The van der Waals surface area contributed by atoms with E-state index in [2.05, 4.69) is 4.98 Å². The van der Waals surface area contributed by atoms with Crippen LogP contribution in [0.2, 0.25) is 0 Å². The van der Waals surface area contributed by atoms with Gasteiger partial charge in [-0.05, 0) is 25.0 Å². The number of hydrogen-bond acceptors (Lipinski definition) is 2. The second kappa shape index (κ2) is 5.60. The Balaban J connectivity index is 0.00000169. The predicted molar refractivity (Wildman–Crippen MR) is 57.2 cm³/mol. The molecule has 1 N–H and O–H groups in total. The molecule has 0 aliphatic carbocycles. The number of halogens is 1. The molecule has 14 heavy (non-hydrogen) atoms. The smallest absolute Gasteiger partial charge is 0.335 e. The molecule has 0 aliphatic rings. The van der Waals surface area contributed by atoms with Crippen LogP contribution >= 0.6 is 12.4 Å². The van der Waals surface area contributed by atoms with E-state index in [4.69, 9.17) is 5.11 Å². The standard InChI is InChI=1S/C10H13NO2.ClH/c1-3-8-5-7(10(12)13)6-9(4-2)11-8;/h5-6H,3-4H2,1-2H3,(H,12,13);1H. The van der Waals surface area contributed by atoms with Crippen molar-refractivity contribution in [3.8, 4) is 0 Å². The molecule has 1 aromatic rings. The molecule has 0 saturated carbocycles. The lowest BCUT2D eigenvalue weighted by molar-refractivity contribution is 0.0696. The van der Waals surface area contributed by atoms with E-state index in [9.17, 15) is 4.79 Å². The molecule has 0 fully saturated rings. The Hall–Kier alpha value is -1.09. The highest BCUT2D eigenvalue weighted by Gasteiger charge is 2.06. The predicted octanol–water partition coefficient (Wildman–Crippen LogP) is 2.33. The lowest BCUT2D eigenvalue weighted by Gasteiger charge is -2.02. The van der Waals surface area contributed by atoms with Crippen molar-refractivity contribution < 1.29 is 9.90 Å². The Bertz CT molecular complexity index is 304. The molecule has 0 bridgehead atoms. The first-order valence-corrected chi connectivity index (χ1v) is 4.40. The summed E-state index contributed by atoms with van der Waals surface area (Å²) in [6.45, 7) is 3.93. The summed E-state index contributed by atoms with van der Waals surface area (Å²) in [4.78, 5) is 15.0. The molecule has 0 spiro atoms. The minimum atomic E-state index is -0.883. The Morgan fingerprint density at radius 1 is 1.29 bits per heavy atom. The molecule has 3 nitrogen and oxygen atoms in total. The maximum atomic E-state index is 10.7. The van der Waals surface area contributed by atoms with Crippen molar-refractivity contribution in [1.82, 2.24) is 4.98 Å². The molecule has 1 rings (SSSR count). The third-order valence-electron chi connectivity index (χ3n) is 1.90. The largest absolute Gasteiger partial charge is 0.478 e. The molecular formula is C10H14ClNO2. The van der Waals surface area contributed by atoms with Gasteiger partial charge in [-0.3, -0.25) is 4.98 Å². The summed E-state index contributed by atoms with van der Waals surface area (Å²) >= 11 is 0. The molecule has 0 atom stereocenters. The topological polar surface area (TPSA) is 50.2 Å². The number of hydrogen-bond donors (Lipinski definition) is 1. The molecule has 1 aromatic heterocycles. The molecule has 0 radical (unpaired) electrons. The van der Waals surface area contributed by atoms with Crippen LogP contribution in [-0.4, -0.2) is 16.1 Å². The minimum absolute atomic E-state index is 0. The van der Waals surface area contributed by atoms with E-state index >= 15 is 0 Å². The third-order valence-corrected chi connectivity index (χ3v) is 1.90. The average molecular weight is 216 g/mol. The van der Waals surface area contributed by atoms with Crippen LogP contribution in [0.25, 0.3) is 0 Å². The van der Waals surface area contributed by atoms with E-state index in [1.54, 1.807) is 12.1 Å². The first kappa shape index (κ1) is 12.9. The van der Waals surface area contributed by atoms with Crippen LogP contribution in [0, 0.1) is 0 Å². The quantitative estimate of drug-likeness (QED) is 0.842. The van der Waals surface area contributed by atoms with Gasteiger partial charge in [-0.25, -0.2) is 4.79 Å². The fraction of sp³-hybridized carbons (Fsp3) is 0.400. The van der Waals surface area contributed by atoms with Crippen molar-refractivity contribution in [2.45, 2.75) is 26.7 Å². The van der Waals surface area contributed by atoms with Gasteiger partial charge in [0.05, 0.1) is 5.56 Å². The van der Waals surface area contributed by atoms with Gasteiger partial charge in [0, 0.05) is 11.4 Å². The Morgan fingerprint density at radius 2 is 1.71 bits per heavy atom. The summed E-state index contributed by atoms with van der Waals surface area (Å²) in [6, 6.07) is 3.25. The zero-order valence-electron chi connectivity index (χ0n) is 8.28. The molecule has 0 amide bonds. The van der Waals surface area contributed by atoms with Gasteiger partial charge in [0.1, 0.15) is 0 Å². The lowest BCUT2D eigenvalue weighted by atomic mass is 10.1. The second-order valence-electron chi connectivity index (χ2n) is 2.85. The van der Waals surface area contributed by atoms with E-state index in [-0.39, 0.29) is 12.4 Å². The first-order chi connectivity index (χ1) is 6.17. The van der Waals surface area contributed by atoms with Gasteiger partial charge in [-0.1, -0.05) is 13.8 Å². The number of nitrogens with zero attached hydrogens (tertiary/aromatic N) is 1. The molecule has 0 saturated heterocycles. The second-order valence-corrected chi connectivity index (χ2v) is 2.85. The van der Waals surface area contributed by atoms with E-state index in [0.29, 0.717) is 5.56 Å². The monoisotopic (exact) mass is 215 g/mol. The maximum Gasteiger partial charge on any atom is 0.335 e. The summed E-state index contributed by atoms with van der Waals surface area (Å²) < 4.78 is 0. The highest BCUT2D eigenvalue weighted by Crippen LogP contribution is 2.07. The van der Waals surface area contributed by atoms with Gasteiger partial charge < -0.3 is 5.11 Å². The van der Waals surface area contributed by atoms with Crippen molar-refractivity contribution in [1.29, 1.82) is 0 Å². The van der Waals surface area contributed by atoms with E-state index in [1.807, 2.05) is 13.8 Å². The summed E-state index contributed by atoms with van der Waals surface area (Å²) in [7, 11) is 0. The van der Waals surface area contributed by atoms with Gasteiger partial charge in [0.25, 0.3) is 0 Å². The normalized spacial score (nSPS) is 9.29. The number of pyridine rings is 1. The maximum absolute atomic E-state index is 10.7. The van der Waals surface area contributed by atoms with Crippen LogP contribution in [0.1, 0.15) is 35.6 Å². The Labute approximate surface area is 89.6 Å². The van der Waals surface area contributed by atoms with Gasteiger partial charge in [0.2, 0.25) is 0 Å². The number of carboxylic acid groups (broad SMARTS) is 1.